The lowest BCUT2D eigenvalue weighted by Crippen LogP contribution is -2.44. The van der Waals surface area contributed by atoms with E-state index in [4.69, 9.17) is 15.0 Å². The van der Waals surface area contributed by atoms with Crippen LogP contribution in [0.2, 0.25) is 0 Å². The van der Waals surface area contributed by atoms with Gasteiger partial charge in [0.2, 0.25) is 0 Å². The van der Waals surface area contributed by atoms with E-state index >= 15 is 0 Å². The van der Waals surface area contributed by atoms with Crippen molar-refractivity contribution in [1.29, 1.82) is 0 Å². The van der Waals surface area contributed by atoms with Crippen molar-refractivity contribution >= 4 is 21.5 Å². The molecule has 11 aromatic rings. The van der Waals surface area contributed by atoms with E-state index in [2.05, 4.69) is 237 Å². The Bertz CT molecular complexity index is 3540. The van der Waals surface area contributed by atoms with Crippen LogP contribution in [-0.4, -0.2) is 15.0 Å². The molecule has 1 heterocycles. The summed E-state index contributed by atoms with van der Waals surface area (Å²) in [5.74, 6) is 1.90. The van der Waals surface area contributed by atoms with Crippen molar-refractivity contribution in [2.75, 3.05) is 0 Å². The maximum atomic E-state index is 5.33. The van der Waals surface area contributed by atoms with Crippen LogP contribution in [0.15, 0.2) is 237 Å². The number of benzene rings is 10. The van der Waals surface area contributed by atoms with Crippen LogP contribution >= 0.6 is 0 Å². The zero-order valence-electron chi connectivity index (χ0n) is 34.9. The Morgan fingerprint density at radius 1 is 0.250 bits per heavy atom. The van der Waals surface area contributed by atoms with Crippen LogP contribution in [0.25, 0.3) is 66.8 Å². The first kappa shape index (κ1) is 36.4. The zero-order chi connectivity index (χ0) is 42.2. The lowest BCUT2D eigenvalue weighted by molar-refractivity contribution is 0.627. The van der Waals surface area contributed by atoms with Gasteiger partial charge in [0.1, 0.15) is 0 Å². The first-order chi connectivity index (χ1) is 31.7. The van der Waals surface area contributed by atoms with E-state index in [9.17, 15) is 0 Å². The summed E-state index contributed by atoms with van der Waals surface area (Å²) in [5.41, 5.74) is 14.3. The molecule has 0 bridgehead atoms. The van der Waals surface area contributed by atoms with Crippen LogP contribution in [0.3, 0.4) is 0 Å². The summed E-state index contributed by atoms with van der Waals surface area (Å²) in [5, 5.41) is 4.63. The van der Waals surface area contributed by atoms with Gasteiger partial charge in [-0.15, -0.1) is 0 Å². The summed E-state index contributed by atoms with van der Waals surface area (Å²) < 4.78 is 0. The molecule has 3 nitrogen and oxygen atoms in total. The van der Waals surface area contributed by atoms with Crippen LogP contribution in [0.4, 0.5) is 0 Å². The molecule has 0 aliphatic heterocycles. The van der Waals surface area contributed by atoms with Crippen molar-refractivity contribution < 1.29 is 0 Å². The quantitative estimate of drug-likeness (QED) is 0.168. The second-order valence-electron chi connectivity index (χ2n) is 17.1. The number of fused-ring (bicyclic) bond motifs is 7. The maximum Gasteiger partial charge on any atom is 0.164 e. The van der Waals surface area contributed by atoms with Crippen LogP contribution in [-0.2, 0) is 10.8 Å². The lowest BCUT2D eigenvalue weighted by atomic mass is 9.51. The Morgan fingerprint density at radius 2 is 0.672 bits per heavy atom. The summed E-state index contributed by atoms with van der Waals surface area (Å²) in [7, 11) is 0. The van der Waals surface area contributed by atoms with Gasteiger partial charge >= 0.3 is 0 Å². The average Bonchev–Trinajstić information content (AvgIpc) is 3.69. The highest BCUT2D eigenvalue weighted by Gasteiger charge is 2.57. The Labute approximate surface area is 372 Å². The molecule has 0 amide bonds. The topological polar surface area (TPSA) is 38.7 Å². The van der Waals surface area contributed by atoms with Gasteiger partial charge in [-0.25, -0.2) is 15.0 Å². The first-order valence-corrected chi connectivity index (χ1v) is 22.0. The summed E-state index contributed by atoms with van der Waals surface area (Å²) >= 11 is 0. The highest BCUT2D eigenvalue weighted by molar-refractivity contribution is 5.92. The van der Waals surface area contributed by atoms with Gasteiger partial charge in [-0.1, -0.05) is 218 Å². The predicted octanol–water partition coefficient (Wildman–Crippen LogP) is 14.2. The van der Waals surface area contributed by atoms with Crippen molar-refractivity contribution in [3.63, 3.8) is 0 Å². The molecule has 0 radical (unpaired) electrons. The van der Waals surface area contributed by atoms with E-state index in [1.54, 1.807) is 0 Å². The second kappa shape index (κ2) is 14.1. The van der Waals surface area contributed by atoms with Gasteiger partial charge < -0.3 is 0 Å². The standard InChI is InChI=1S/C61H39N3/c1-3-22-47(23-4-1)60(53-30-13-14-31-54(53)61(48-24-5-2-6-25-48)52-29-12-11-27-50(52)51-28-16-32-55(60)56(51)61)49-26-15-21-44(39-49)57-62-58(45-35-33-40-17-7-9-19-42(40)37-45)64-59(63-57)46-36-34-41-18-8-10-20-43(41)38-46/h1-39H. The minimum absolute atomic E-state index is 0.520. The van der Waals surface area contributed by atoms with Gasteiger partial charge in [0, 0.05) is 16.7 Å². The van der Waals surface area contributed by atoms with E-state index in [0.717, 1.165) is 33.0 Å². The number of hydrogen-bond donors (Lipinski definition) is 0. The Balaban J connectivity index is 1.09. The fourth-order valence-corrected chi connectivity index (χ4v) is 11.2. The van der Waals surface area contributed by atoms with Gasteiger partial charge in [-0.05, 0) is 95.4 Å². The number of hydrogen-bond acceptors (Lipinski definition) is 3. The third-order valence-electron chi connectivity index (χ3n) is 13.8. The van der Waals surface area contributed by atoms with Crippen LogP contribution in [0.1, 0.15) is 44.5 Å². The normalized spacial score (nSPS) is 16.9. The highest BCUT2D eigenvalue weighted by atomic mass is 15.0. The molecule has 3 heteroatoms. The molecule has 10 aromatic carbocycles. The largest absolute Gasteiger partial charge is 0.208 e. The average molecular weight is 814 g/mol. The fourth-order valence-electron chi connectivity index (χ4n) is 11.2. The van der Waals surface area contributed by atoms with Crippen LogP contribution in [0, 0.1) is 0 Å². The van der Waals surface area contributed by atoms with Gasteiger partial charge in [-0.2, -0.15) is 0 Å². The smallest absolute Gasteiger partial charge is 0.164 e. The second-order valence-corrected chi connectivity index (χ2v) is 17.1. The van der Waals surface area contributed by atoms with Gasteiger partial charge in [0.25, 0.3) is 0 Å². The van der Waals surface area contributed by atoms with Gasteiger partial charge in [0.05, 0.1) is 10.8 Å². The molecule has 2 atom stereocenters. The zero-order valence-corrected chi connectivity index (χ0v) is 34.9. The van der Waals surface area contributed by atoms with E-state index in [1.807, 2.05) is 0 Å². The Morgan fingerprint density at radius 3 is 1.28 bits per heavy atom. The third-order valence-corrected chi connectivity index (χ3v) is 13.8. The van der Waals surface area contributed by atoms with E-state index in [0.29, 0.717) is 17.5 Å². The molecule has 0 N–H and O–H groups in total. The lowest BCUT2D eigenvalue weighted by Gasteiger charge is -2.49. The summed E-state index contributed by atoms with van der Waals surface area (Å²) in [4.78, 5) is 15.9. The Hall–Kier alpha value is -8.27. The first-order valence-electron chi connectivity index (χ1n) is 22.0. The number of nitrogens with zero attached hydrogens (tertiary/aromatic N) is 3. The predicted molar refractivity (Wildman–Crippen MR) is 260 cm³/mol. The molecule has 0 spiro atoms. The fraction of sp³-hybridized carbons (Fsp3) is 0.0328. The summed E-state index contributed by atoms with van der Waals surface area (Å²) in [6, 6.07) is 86.2. The van der Waals surface area contributed by atoms with E-state index in [1.165, 1.54) is 60.8 Å². The minimum Gasteiger partial charge on any atom is -0.208 e. The molecule has 1 aromatic heterocycles. The van der Waals surface area contributed by atoms with Crippen LogP contribution in [0.5, 0.6) is 0 Å². The number of rotatable bonds is 6. The van der Waals surface area contributed by atoms with Crippen molar-refractivity contribution in [2.24, 2.45) is 0 Å². The molecule has 0 saturated carbocycles. The van der Waals surface area contributed by atoms with Crippen molar-refractivity contribution in [3.8, 4) is 45.3 Å². The highest BCUT2D eigenvalue weighted by Crippen LogP contribution is 2.65. The van der Waals surface area contributed by atoms with E-state index < -0.39 is 10.8 Å². The molecule has 298 valence electrons. The van der Waals surface area contributed by atoms with Crippen LogP contribution < -0.4 is 0 Å². The molecule has 2 aliphatic carbocycles. The maximum absolute atomic E-state index is 5.33. The molecule has 0 saturated heterocycles. The van der Waals surface area contributed by atoms with E-state index in [-0.39, 0.29) is 0 Å². The monoisotopic (exact) mass is 813 g/mol. The van der Waals surface area contributed by atoms with Crippen molar-refractivity contribution in [3.05, 3.63) is 281 Å². The molecule has 2 aliphatic rings. The molecule has 13 rings (SSSR count). The number of aromatic nitrogens is 3. The summed E-state index contributed by atoms with van der Waals surface area (Å²) in [6.07, 6.45) is 0. The summed E-state index contributed by atoms with van der Waals surface area (Å²) in [6.45, 7) is 0. The third kappa shape index (κ3) is 5.19. The molecule has 0 fully saturated rings. The molecule has 64 heavy (non-hydrogen) atoms. The SMILES string of the molecule is c1ccc(C2(c3cccc(-c4nc(-c5ccc6ccccc6c5)nc(-c5ccc6ccccc6c5)n4)c3)c3ccccc3C3(c4ccccc4)c4ccccc4-c4cccc2c43)cc1. The van der Waals surface area contributed by atoms with Gasteiger partial charge in [-0.3, -0.25) is 0 Å². The molecular formula is C61H39N3. The molecular weight excluding hydrogens is 775 g/mol. The minimum atomic E-state index is -0.699. The van der Waals surface area contributed by atoms with Crippen molar-refractivity contribution in [2.45, 2.75) is 10.8 Å². The Kier molecular flexibility index (Phi) is 8.04. The van der Waals surface area contributed by atoms with Gasteiger partial charge in [0.15, 0.2) is 17.5 Å². The molecule has 2 unspecified atom stereocenters. The van der Waals surface area contributed by atoms with Crippen molar-refractivity contribution in [1.82, 2.24) is 15.0 Å².